The lowest BCUT2D eigenvalue weighted by atomic mass is 9.75. The van der Waals surface area contributed by atoms with Gasteiger partial charge in [0.2, 0.25) is 0 Å². The van der Waals surface area contributed by atoms with E-state index in [0.29, 0.717) is 6.42 Å². The predicted octanol–water partition coefficient (Wildman–Crippen LogP) is 3.57. The first-order chi connectivity index (χ1) is 9.72. The van der Waals surface area contributed by atoms with E-state index in [-0.39, 0.29) is 18.8 Å². The van der Waals surface area contributed by atoms with Crippen LogP contribution in [0.3, 0.4) is 0 Å². The van der Waals surface area contributed by atoms with Crippen LogP contribution in [0.1, 0.15) is 51.5 Å². The molecule has 0 heterocycles. The Morgan fingerprint density at radius 1 is 1.29 bits per heavy atom. The summed E-state index contributed by atoms with van der Waals surface area (Å²) in [5.41, 5.74) is -2.38. The summed E-state index contributed by atoms with van der Waals surface area (Å²) in [5, 5.41) is 0. The molecule has 2 rings (SSSR count). The number of rotatable bonds is 2. The number of carbonyl (C=O) groups is 2. The molecule has 0 amide bonds. The summed E-state index contributed by atoms with van der Waals surface area (Å²) in [6.07, 6.45) is 0.497. The van der Waals surface area contributed by atoms with Gasteiger partial charge in [-0.1, -0.05) is 30.3 Å². The van der Waals surface area contributed by atoms with E-state index >= 15 is 4.39 Å². The Bertz CT molecular complexity index is 533. The average Bonchev–Trinajstić information content (AvgIpc) is 2.41. The summed E-state index contributed by atoms with van der Waals surface area (Å²) in [4.78, 5) is 24.0. The van der Waals surface area contributed by atoms with Crippen LogP contribution in [0.5, 0.6) is 0 Å². The van der Waals surface area contributed by atoms with E-state index in [1.165, 1.54) is 0 Å². The number of alkyl halides is 1. The van der Waals surface area contributed by atoms with E-state index in [0.717, 1.165) is 5.56 Å². The van der Waals surface area contributed by atoms with Crippen molar-refractivity contribution >= 4 is 11.8 Å². The molecule has 1 saturated carbocycles. The summed E-state index contributed by atoms with van der Waals surface area (Å²) in [6.45, 7) is 4.99. The maximum Gasteiger partial charge on any atom is 0.352 e. The number of hydrogen-bond donors (Lipinski definition) is 0. The minimum atomic E-state index is -2.52. The van der Waals surface area contributed by atoms with Crippen LogP contribution in [0.25, 0.3) is 0 Å². The van der Waals surface area contributed by atoms with Gasteiger partial charge in [0.15, 0.2) is 5.78 Å². The molecule has 1 aliphatic carbocycles. The van der Waals surface area contributed by atoms with Crippen LogP contribution < -0.4 is 0 Å². The first kappa shape index (κ1) is 15.7. The van der Waals surface area contributed by atoms with Gasteiger partial charge in [-0.3, -0.25) is 4.79 Å². The maximum absolute atomic E-state index is 15.0. The summed E-state index contributed by atoms with van der Waals surface area (Å²) in [5.74, 6) is -1.86. The molecule has 4 heteroatoms. The lowest BCUT2D eigenvalue weighted by Gasteiger charge is -2.34. The Labute approximate surface area is 124 Å². The largest absolute Gasteiger partial charge is 0.457 e. The molecule has 3 nitrogen and oxygen atoms in total. The highest BCUT2D eigenvalue weighted by Crippen LogP contribution is 2.40. The lowest BCUT2D eigenvalue weighted by Crippen LogP contribution is -2.49. The zero-order valence-corrected chi connectivity index (χ0v) is 12.7. The molecule has 0 bridgehead atoms. The molecule has 0 radical (unpaired) electrons. The first-order valence-electron chi connectivity index (χ1n) is 7.23. The molecule has 114 valence electrons. The molecule has 0 spiro atoms. The normalized spacial score (nSPS) is 26.5. The van der Waals surface area contributed by atoms with E-state index in [9.17, 15) is 9.59 Å². The van der Waals surface area contributed by atoms with Crippen LogP contribution in [0.15, 0.2) is 30.3 Å². The Morgan fingerprint density at radius 3 is 2.48 bits per heavy atom. The van der Waals surface area contributed by atoms with Crippen molar-refractivity contribution in [2.75, 3.05) is 0 Å². The smallest absolute Gasteiger partial charge is 0.352 e. The highest BCUT2D eigenvalue weighted by molar-refractivity contribution is 6.07. The zero-order valence-electron chi connectivity index (χ0n) is 12.7. The Morgan fingerprint density at radius 2 is 1.90 bits per heavy atom. The summed E-state index contributed by atoms with van der Waals surface area (Å²) < 4.78 is 20.1. The third-order valence-corrected chi connectivity index (χ3v) is 3.68. The fourth-order valence-corrected chi connectivity index (χ4v) is 2.62. The van der Waals surface area contributed by atoms with Crippen molar-refractivity contribution in [3.63, 3.8) is 0 Å². The van der Waals surface area contributed by atoms with Crippen LogP contribution in [0, 0.1) is 0 Å². The number of carbonyl (C=O) groups excluding carboxylic acids is 2. The molecule has 0 saturated heterocycles. The van der Waals surface area contributed by atoms with Crippen molar-refractivity contribution in [1.29, 1.82) is 0 Å². The fraction of sp³-hybridized carbons (Fsp3) is 0.529. The first-order valence-corrected chi connectivity index (χ1v) is 7.23. The number of hydrogen-bond acceptors (Lipinski definition) is 3. The quantitative estimate of drug-likeness (QED) is 0.618. The molecule has 1 aromatic rings. The molecular formula is C17H21FO3. The molecule has 0 aromatic heterocycles. The second-order valence-electron chi connectivity index (χ2n) is 6.58. The van der Waals surface area contributed by atoms with Gasteiger partial charge in [0.05, 0.1) is 0 Å². The second kappa shape index (κ2) is 5.58. The highest BCUT2D eigenvalue weighted by atomic mass is 19.1. The summed E-state index contributed by atoms with van der Waals surface area (Å²) in [6, 6.07) is 9.43. The van der Waals surface area contributed by atoms with Crippen molar-refractivity contribution in [2.45, 2.75) is 57.2 Å². The molecule has 1 fully saturated rings. The van der Waals surface area contributed by atoms with Crippen LogP contribution in [-0.2, 0) is 14.3 Å². The van der Waals surface area contributed by atoms with Gasteiger partial charge in [0, 0.05) is 12.8 Å². The van der Waals surface area contributed by atoms with E-state index in [1.807, 2.05) is 30.3 Å². The van der Waals surface area contributed by atoms with E-state index in [4.69, 9.17) is 4.74 Å². The third-order valence-electron chi connectivity index (χ3n) is 3.68. The summed E-state index contributed by atoms with van der Waals surface area (Å²) in [7, 11) is 0. The average molecular weight is 292 g/mol. The third kappa shape index (κ3) is 3.49. The number of ketones is 1. The predicted molar refractivity (Wildman–Crippen MR) is 77.7 cm³/mol. The zero-order chi connectivity index (χ0) is 15.7. The number of Topliss-reactive ketones (excluding diaryl/α,β-unsaturated/α-hetero) is 1. The minimum Gasteiger partial charge on any atom is -0.457 e. The summed E-state index contributed by atoms with van der Waals surface area (Å²) >= 11 is 0. The van der Waals surface area contributed by atoms with Crippen molar-refractivity contribution in [3.05, 3.63) is 35.9 Å². The Hall–Kier alpha value is -1.71. The Balaban J connectivity index is 2.21. The highest BCUT2D eigenvalue weighted by Gasteiger charge is 2.52. The van der Waals surface area contributed by atoms with Gasteiger partial charge >= 0.3 is 5.97 Å². The molecule has 1 aromatic carbocycles. The minimum absolute atomic E-state index is 0.0648. The SMILES string of the molecule is CC(C)(C)OC(=O)C1(F)CC(c2ccccc2)CCC1=O. The Kier molecular flexibility index (Phi) is 4.17. The van der Waals surface area contributed by atoms with Gasteiger partial charge < -0.3 is 4.74 Å². The standard InChI is InChI=1S/C17H21FO3/c1-16(2,3)21-15(20)17(18)11-13(9-10-14(17)19)12-7-5-4-6-8-12/h4-8,13H,9-11H2,1-3H3. The van der Waals surface area contributed by atoms with Crippen molar-refractivity contribution < 1.29 is 18.7 Å². The monoisotopic (exact) mass is 292 g/mol. The molecule has 0 N–H and O–H groups in total. The van der Waals surface area contributed by atoms with Gasteiger partial charge in [-0.25, -0.2) is 9.18 Å². The van der Waals surface area contributed by atoms with Crippen molar-refractivity contribution in [1.82, 2.24) is 0 Å². The second-order valence-corrected chi connectivity index (χ2v) is 6.58. The number of benzene rings is 1. The molecule has 0 aliphatic heterocycles. The van der Waals surface area contributed by atoms with Crippen LogP contribution in [0.4, 0.5) is 4.39 Å². The van der Waals surface area contributed by atoms with E-state index in [1.54, 1.807) is 20.8 Å². The van der Waals surface area contributed by atoms with Crippen LogP contribution in [-0.4, -0.2) is 23.0 Å². The van der Waals surface area contributed by atoms with Crippen LogP contribution >= 0.6 is 0 Å². The molecule has 2 atom stereocenters. The van der Waals surface area contributed by atoms with E-state index in [2.05, 4.69) is 0 Å². The van der Waals surface area contributed by atoms with Gasteiger partial charge in [-0.2, -0.15) is 0 Å². The molecule has 2 unspecified atom stereocenters. The lowest BCUT2D eigenvalue weighted by molar-refractivity contribution is -0.174. The molecule has 1 aliphatic rings. The number of ether oxygens (including phenoxy) is 1. The van der Waals surface area contributed by atoms with Crippen molar-refractivity contribution in [2.24, 2.45) is 0 Å². The topological polar surface area (TPSA) is 43.4 Å². The molecule has 21 heavy (non-hydrogen) atoms. The fourth-order valence-electron chi connectivity index (χ4n) is 2.62. The maximum atomic E-state index is 15.0. The number of halogens is 1. The van der Waals surface area contributed by atoms with Gasteiger partial charge in [0.25, 0.3) is 5.67 Å². The number of esters is 1. The van der Waals surface area contributed by atoms with Gasteiger partial charge in [-0.15, -0.1) is 0 Å². The van der Waals surface area contributed by atoms with Crippen molar-refractivity contribution in [3.8, 4) is 0 Å². The van der Waals surface area contributed by atoms with Crippen LogP contribution in [0.2, 0.25) is 0 Å². The van der Waals surface area contributed by atoms with Gasteiger partial charge in [0.1, 0.15) is 5.60 Å². The van der Waals surface area contributed by atoms with E-state index < -0.39 is 23.0 Å². The van der Waals surface area contributed by atoms with Gasteiger partial charge in [-0.05, 0) is 38.7 Å². The molecular weight excluding hydrogens is 271 g/mol.